The summed E-state index contributed by atoms with van der Waals surface area (Å²) in [6.07, 6.45) is 0. The molecule has 0 aliphatic rings. The fraction of sp³-hybridized carbons (Fsp3) is 0.182. The zero-order chi connectivity index (χ0) is 14.2. The molecule has 0 radical (unpaired) electrons. The number of aryl methyl sites for hydroxylation is 1. The predicted molar refractivity (Wildman–Crippen MR) is 71.6 cm³/mol. The lowest BCUT2D eigenvalue weighted by Gasteiger charge is -2.05. The average molecular weight is 303 g/mol. The van der Waals surface area contributed by atoms with Crippen LogP contribution in [0.15, 0.2) is 43.9 Å². The summed E-state index contributed by atoms with van der Waals surface area (Å²) in [5.41, 5.74) is 0.728. The third-order valence-electron chi connectivity index (χ3n) is 2.53. The van der Waals surface area contributed by atoms with E-state index in [-0.39, 0.29) is 22.1 Å². The molecular weight excluding hydrogens is 292 g/mol. The van der Waals surface area contributed by atoms with Crippen LogP contribution in [0.5, 0.6) is 0 Å². The van der Waals surface area contributed by atoms with Gasteiger partial charge >= 0.3 is 5.76 Å². The quantitative estimate of drug-likeness (QED) is 0.919. The monoisotopic (exact) mass is 302 g/mol. The predicted octanol–water partition coefficient (Wildman–Crippen LogP) is 1.16. The summed E-state index contributed by atoms with van der Waals surface area (Å²) in [4.78, 5) is 11.3. The van der Waals surface area contributed by atoms with Crippen molar-refractivity contribution in [3.63, 3.8) is 0 Å². The number of aromatic nitrogens is 1. The molecule has 6 nitrogen and oxygen atoms in total. The molecule has 1 aromatic heterocycles. The van der Waals surface area contributed by atoms with Gasteiger partial charge in [-0.25, -0.2) is 17.9 Å². The van der Waals surface area contributed by atoms with Gasteiger partial charge in [0.1, 0.15) is 0 Å². The highest BCUT2D eigenvalue weighted by atomic mass is 35.5. The molecule has 0 aliphatic heterocycles. The minimum atomic E-state index is -3.72. The number of sulfonamides is 1. The van der Waals surface area contributed by atoms with Gasteiger partial charge in [-0.15, -0.1) is 0 Å². The van der Waals surface area contributed by atoms with E-state index in [1.54, 1.807) is 0 Å². The molecule has 0 fully saturated rings. The van der Waals surface area contributed by atoms with E-state index in [1.165, 1.54) is 29.8 Å². The van der Waals surface area contributed by atoms with Crippen molar-refractivity contribution in [2.75, 3.05) is 6.54 Å². The Kier molecular flexibility index (Phi) is 3.53. The number of fused-ring (bicyclic) bond motifs is 1. The molecule has 0 saturated heterocycles. The van der Waals surface area contributed by atoms with Crippen molar-refractivity contribution in [3.05, 3.63) is 40.4 Å². The number of rotatable bonds is 4. The first kappa shape index (κ1) is 13.9. The van der Waals surface area contributed by atoms with Crippen LogP contribution in [0.25, 0.3) is 11.1 Å². The van der Waals surface area contributed by atoms with Crippen LogP contribution in [-0.2, 0) is 17.1 Å². The Bertz CT molecular complexity index is 804. The molecule has 1 N–H and O–H groups in total. The topological polar surface area (TPSA) is 81.3 Å². The standard InChI is InChI=1S/C11H11ClN2O4S/c1-7(12)6-13-19(16,17)8-3-4-9-10(5-8)18-11(15)14(9)2/h3-5,13H,1,6H2,2H3. The number of benzene rings is 1. The molecule has 1 aromatic carbocycles. The number of nitrogens with one attached hydrogen (secondary N) is 1. The van der Waals surface area contributed by atoms with E-state index in [0.29, 0.717) is 5.52 Å². The Morgan fingerprint density at radius 3 is 2.84 bits per heavy atom. The van der Waals surface area contributed by atoms with Gasteiger partial charge in [-0.05, 0) is 12.1 Å². The molecule has 0 bridgehead atoms. The van der Waals surface area contributed by atoms with Crippen molar-refractivity contribution < 1.29 is 12.8 Å². The van der Waals surface area contributed by atoms with E-state index in [4.69, 9.17) is 16.0 Å². The van der Waals surface area contributed by atoms with E-state index in [0.717, 1.165) is 0 Å². The maximum atomic E-state index is 11.9. The van der Waals surface area contributed by atoms with Gasteiger partial charge < -0.3 is 4.42 Å². The van der Waals surface area contributed by atoms with Gasteiger partial charge in [-0.3, -0.25) is 4.57 Å². The Morgan fingerprint density at radius 2 is 2.21 bits per heavy atom. The molecule has 0 saturated carbocycles. The number of nitrogens with zero attached hydrogens (tertiary/aromatic N) is 1. The Labute approximate surface area is 114 Å². The van der Waals surface area contributed by atoms with Crippen LogP contribution in [-0.4, -0.2) is 19.5 Å². The molecule has 2 aromatic rings. The van der Waals surface area contributed by atoms with Crippen LogP contribution in [0.1, 0.15) is 0 Å². The Morgan fingerprint density at radius 1 is 1.53 bits per heavy atom. The average Bonchev–Trinajstić information content (AvgIpc) is 2.62. The summed E-state index contributed by atoms with van der Waals surface area (Å²) in [5, 5.41) is 0.177. The summed E-state index contributed by atoms with van der Waals surface area (Å²) < 4.78 is 32.4. The number of oxazole rings is 1. The minimum absolute atomic E-state index is 0.00716. The van der Waals surface area contributed by atoms with E-state index >= 15 is 0 Å². The summed E-state index contributed by atoms with van der Waals surface area (Å²) in [6.45, 7) is 3.32. The second-order valence-electron chi connectivity index (χ2n) is 3.90. The molecule has 8 heteroatoms. The van der Waals surface area contributed by atoms with Crippen molar-refractivity contribution >= 4 is 32.7 Å². The summed E-state index contributed by atoms with van der Waals surface area (Å²) in [7, 11) is -2.18. The second-order valence-corrected chi connectivity index (χ2v) is 6.20. The van der Waals surface area contributed by atoms with Gasteiger partial charge in [-0.2, -0.15) is 0 Å². The molecule has 19 heavy (non-hydrogen) atoms. The largest absolute Gasteiger partial charge is 0.419 e. The van der Waals surface area contributed by atoms with Crippen LogP contribution >= 0.6 is 11.6 Å². The summed E-state index contributed by atoms with van der Waals surface area (Å²) in [6, 6.07) is 4.18. The van der Waals surface area contributed by atoms with Crippen LogP contribution in [0.3, 0.4) is 0 Å². The van der Waals surface area contributed by atoms with E-state index in [1.807, 2.05) is 0 Å². The maximum absolute atomic E-state index is 11.9. The molecule has 102 valence electrons. The van der Waals surface area contributed by atoms with Crippen LogP contribution in [0.4, 0.5) is 0 Å². The fourth-order valence-corrected chi connectivity index (χ4v) is 2.72. The number of hydrogen-bond donors (Lipinski definition) is 1. The molecule has 0 amide bonds. The molecule has 0 aliphatic carbocycles. The van der Waals surface area contributed by atoms with Gasteiger partial charge in [0.2, 0.25) is 10.0 Å². The van der Waals surface area contributed by atoms with E-state index in [2.05, 4.69) is 11.3 Å². The lowest BCUT2D eigenvalue weighted by molar-refractivity contribution is 0.527. The highest BCUT2D eigenvalue weighted by Gasteiger charge is 2.16. The SMILES string of the molecule is C=C(Cl)CNS(=O)(=O)c1ccc2c(c1)oc(=O)n2C. The number of hydrogen-bond acceptors (Lipinski definition) is 4. The van der Waals surface area contributed by atoms with Gasteiger partial charge in [0.05, 0.1) is 10.4 Å². The van der Waals surface area contributed by atoms with Crippen molar-refractivity contribution in [1.29, 1.82) is 0 Å². The molecule has 2 rings (SSSR count). The van der Waals surface area contributed by atoms with Gasteiger partial charge in [0.25, 0.3) is 0 Å². The molecule has 1 heterocycles. The zero-order valence-corrected chi connectivity index (χ0v) is 11.6. The normalized spacial score (nSPS) is 11.9. The zero-order valence-electron chi connectivity index (χ0n) is 10.0. The third-order valence-corrected chi connectivity index (χ3v) is 4.06. The van der Waals surface area contributed by atoms with Crippen molar-refractivity contribution in [3.8, 4) is 0 Å². The van der Waals surface area contributed by atoms with Crippen LogP contribution in [0.2, 0.25) is 0 Å². The van der Waals surface area contributed by atoms with Crippen molar-refractivity contribution in [2.45, 2.75) is 4.90 Å². The van der Waals surface area contributed by atoms with E-state index in [9.17, 15) is 13.2 Å². The highest BCUT2D eigenvalue weighted by molar-refractivity contribution is 7.89. The lowest BCUT2D eigenvalue weighted by atomic mass is 10.3. The smallest absolute Gasteiger partial charge is 0.408 e. The third kappa shape index (κ3) is 2.73. The van der Waals surface area contributed by atoms with Crippen LogP contribution < -0.4 is 10.5 Å². The summed E-state index contributed by atoms with van der Waals surface area (Å²) >= 11 is 5.51. The second kappa shape index (κ2) is 4.84. The fourth-order valence-electron chi connectivity index (χ4n) is 1.54. The first-order valence-electron chi connectivity index (χ1n) is 5.24. The first-order chi connectivity index (χ1) is 8.81. The van der Waals surface area contributed by atoms with Crippen LogP contribution in [0, 0.1) is 0 Å². The first-order valence-corrected chi connectivity index (χ1v) is 7.10. The van der Waals surface area contributed by atoms with E-state index < -0.39 is 15.8 Å². The van der Waals surface area contributed by atoms with Gasteiger partial charge in [0, 0.05) is 24.7 Å². The highest BCUT2D eigenvalue weighted by Crippen LogP contribution is 2.17. The molecule has 0 unspecified atom stereocenters. The lowest BCUT2D eigenvalue weighted by Crippen LogP contribution is -2.24. The van der Waals surface area contributed by atoms with Crippen molar-refractivity contribution in [2.24, 2.45) is 7.05 Å². The Hall–Kier alpha value is -1.57. The maximum Gasteiger partial charge on any atom is 0.419 e. The Balaban J connectivity index is 2.46. The van der Waals surface area contributed by atoms with Gasteiger partial charge in [-0.1, -0.05) is 18.2 Å². The summed E-state index contributed by atoms with van der Waals surface area (Å²) in [5.74, 6) is -0.549. The number of halogens is 1. The van der Waals surface area contributed by atoms with Crippen molar-refractivity contribution in [1.82, 2.24) is 9.29 Å². The molecular formula is C11H11ClN2O4S. The van der Waals surface area contributed by atoms with Gasteiger partial charge in [0.15, 0.2) is 5.58 Å². The molecule has 0 spiro atoms. The minimum Gasteiger partial charge on any atom is -0.408 e. The molecule has 0 atom stereocenters.